The molecule has 0 aromatic rings. The van der Waals surface area contributed by atoms with Gasteiger partial charge in [-0.25, -0.2) is 0 Å². The van der Waals surface area contributed by atoms with E-state index >= 15 is 0 Å². The van der Waals surface area contributed by atoms with Crippen molar-refractivity contribution in [1.29, 1.82) is 0 Å². The van der Waals surface area contributed by atoms with Crippen molar-refractivity contribution in [3.8, 4) is 0 Å². The molecule has 0 rings (SSSR count). The van der Waals surface area contributed by atoms with Crippen LogP contribution < -0.4 is 0 Å². The molecule has 0 aliphatic carbocycles. The Morgan fingerprint density at radius 3 is 1.25 bits per heavy atom. The molecular formula is CH3MnZn2. The maximum absolute atomic E-state index is 2.12. The van der Waals surface area contributed by atoms with Crippen LogP contribution in [0.5, 0.6) is 0 Å². The van der Waals surface area contributed by atoms with Gasteiger partial charge in [-0.2, -0.15) is 0 Å². The van der Waals surface area contributed by atoms with Crippen LogP contribution in [0, 0.1) is 0 Å². The largest absolute Gasteiger partial charge is 0 e. The van der Waals surface area contributed by atoms with Gasteiger partial charge in [0.15, 0.2) is 0 Å². The average Bonchev–Trinajstić information content (AvgIpc) is 1.00. The summed E-state index contributed by atoms with van der Waals surface area (Å²) in [5, 5.41) is 0. The second kappa shape index (κ2) is 21.7. The first-order chi connectivity index (χ1) is 1.00. The third-order valence-electron chi connectivity index (χ3n) is 0. The number of hydrogen-bond donors (Lipinski definition) is 0. The molecule has 0 amide bonds. The molecule has 0 aliphatic rings. The Balaban J connectivity index is -0.00000000500. The molecule has 0 bridgehead atoms. The molecule has 0 fully saturated rings. The van der Waals surface area contributed by atoms with Crippen LogP contribution in [-0.2, 0) is 54.8 Å². The first-order valence-corrected chi connectivity index (χ1v) is 3.67. The smallest absolute Gasteiger partial charge is 0 e. The van der Waals surface area contributed by atoms with Crippen LogP contribution in [0.2, 0.25) is 5.52 Å². The van der Waals surface area contributed by atoms with Gasteiger partial charge in [0.05, 0.1) is 0 Å². The Bertz CT molecular complexity index is 6.00. The van der Waals surface area contributed by atoms with Crippen molar-refractivity contribution in [3.63, 3.8) is 0 Å². The minimum absolute atomic E-state index is 0. The van der Waals surface area contributed by atoms with E-state index in [0.29, 0.717) is 0 Å². The molecule has 0 nitrogen and oxygen atoms in total. The monoisotopic (exact) mass is 198 g/mol. The summed E-state index contributed by atoms with van der Waals surface area (Å²) in [7, 11) is 0. The molecule has 0 aromatic heterocycles. The predicted molar refractivity (Wildman–Crippen MR) is 5.86 cm³/mol. The molecule has 0 N–H and O–H groups in total. The molecule has 0 atom stereocenters. The van der Waals surface area contributed by atoms with Crippen molar-refractivity contribution in [2.75, 3.05) is 0 Å². The van der Waals surface area contributed by atoms with Gasteiger partial charge in [0, 0.05) is 36.5 Å². The maximum atomic E-state index is 2.12. The standard InChI is InChI=1S/CH3.Mn.2Zn/h1H3;;;. The van der Waals surface area contributed by atoms with Crippen molar-refractivity contribution in [2.24, 2.45) is 0 Å². The Labute approximate surface area is 60.0 Å². The summed E-state index contributed by atoms with van der Waals surface area (Å²) in [6, 6.07) is 0. The van der Waals surface area contributed by atoms with Crippen LogP contribution >= 0.6 is 0 Å². The van der Waals surface area contributed by atoms with Crippen molar-refractivity contribution in [3.05, 3.63) is 0 Å². The zero-order valence-corrected chi connectivity index (χ0v) is 9.91. The van der Waals surface area contributed by atoms with E-state index in [0.717, 1.165) is 0 Å². The molecule has 0 saturated carbocycles. The Hall–Kier alpha value is 1.77. The topological polar surface area (TPSA) is 0 Å². The number of rotatable bonds is 0. The van der Waals surface area contributed by atoms with Crippen molar-refractivity contribution in [1.82, 2.24) is 0 Å². The summed E-state index contributed by atoms with van der Waals surface area (Å²) < 4.78 is 0. The van der Waals surface area contributed by atoms with Crippen molar-refractivity contribution < 1.29 is 54.8 Å². The fourth-order valence-electron chi connectivity index (χ4n) is 0. The van der Waals surface area contributed by atoms with Gasteiger partial charge < -0.3 is 0 Å². The van der Waals surface area contributed by atoms with E-state index in [9.17, 15) is 0 Å². The molecule has 4 heavy (non-hydrogen) atoms. The Morgan fingerprint density at radius 1 is 1.25 bits per heavy atom. The summed E-state index contributed by atoms with van der Waals surface area (Å²) in [4.78, 5) is 0. The van der Waals surface area contributed by atoms with Crippen LogP contribution in [0.1, 0.15) is 0 Å². The molecular weight excluding hydrogens is 198 g/mol. The molecule has 0 aliphatic heterocycles. The SMILES string of the molecule is [CH3][Zn].[Mn].[Zn]. The zero-order valence-electron chi connectivity index (χ0n) is 2.79. The van der Waals surface area contributed by atoms with Gasteiger partial charge >= 0.3 is 23.8 Å². The second-order valence-corrected chi connectivity index (χ2v) is 0. The molecule has 0 heterocycles. The van der Waals surface area contributed by atoms with Crippen molar-refractivity contribution in [2.45, 2.75) is 5.52 Å². The quantitative estimate of drug-likeness (QED) is 0.502. The van der Waals surface area contributed by atoms with Crippen LogP contribution in [0.15, 0.2) is 0 Å². The first kappa shape index (κ1) is 17.1. The van der Waals surface area contributed by atoms with Gasteiger partial charge in [0.1, 0.15) is 0 Å². The van der Waals surface area contributed by atoms with E-state index in [2.05, 4.69) is 5.52 Å². The van der Waals surface area contributed by atoms with Gasteiger partial charge in [-0.3, -0.25) is 0 Å². The zero-order chi connectivity index (χ0) is 2.00. The Kier molecular flexibility index (Phi) is 92.7. The van der Waals surface area contributed by atoms with Gasteiger partial charge in [0.25, 0.3) is 0 Å². The van der Waals surface area contributed by atoms with E-state index in [4.69, 9.17) is 0 Å². The molecule has 1 radical (unpaired) electrons. The first-order valence-electron chi connectivity index (χ1n) is 0.707. The summed E-state index contributed by atoms with van der Waals surface area (Å²) in [6.45, 7) is 0. The maximum Gasteiger partial charge on any atom is 0 e. The predicted octanol–water partition coefficient (Wildman–Crippen LogP) is 0.576. The van der Waals surface area contributed by atoms with Gasteiger partial charge in [-0.05, 0) is 0 Å². The summed E-state index contributed by atoms with van der Waals surface area (Å²) in [6.07, 6.45) is 0. The number of hydrogen-bond acceptors (Lipinski definition) is 0. The van der Waals surface area contributed by atoms with E-state index in [-0.39, 0.29) is 36.5 Å². The summed E-state index contributed by atoms with van der Waals surface area (Å²) in [5.41, 5.74) is 2.12. The fourth-order valence-corrected chi connectivity index (χ4v) is 0. The third-order valence-corrected chi connectivity index (χ3v) is 0. The molecule has 0 saturated heterocycles. The van der Waals surface area contributed by atoms with Gasteiger partial charge in [-0.1, -0.05) is 0 Å². The second-order valence-electron chi connectivity index (χ2n) is 0. The molecule has 0 unspecified atom stereocenters. The summed E-state index contributed by atoms with van der Waals surface area (Å²) in [5.74, 6) is 0. The van der Waals surface area contributed by atoms with E-state index < -0.39 is 0 Å². The van der Waals surface area contributed by atoms with Crippen LogP contribution in [0.3, 0.4) is 0 Å². The van der Waals surface area contributed by atoms with Crippen LogP contribution in [0.4, 0.5) is 0 Å². The van der Waals surface area contributed by atoms with E-state index in [1.165, 1.54) is 18.3 Å². The molecule has 0 spiro atoms. The fraction of sp³-hybridized carbons (Fsp3) is 1.00. The third kappa shape index (κ3) is 9.24. The van der Waals surface area contributed by atoms with Gasteiger partial charge in [-0.15, -0.1) is 0 Å². The van der Waals surface area contributed by atoms with E-state index in [1.54, 1.807) is 0 Å². The average molecular weight is 201 g/mol. The van der Waals surface area contributed by atoms with Crippen LogP contribution in [0.25, 0.3) is 0 Å². The Morgan fingerprint density at radius 2 is 1.25 bits per heavy atom. The van der Waals surface area contributed by atoms with Gasteiger partial charge in [0.2, 0.25) is 0 Å². The molecule has 3 heteroatoms. The summed E-state index contributed by atoms with van der Waals surface area (Å²) >= 11 is 1.38. The minimum atomic E-state index is 0. The normalized spacial score (nSPS) is 1.75. The van der Waals surface area contributed by atoms with Crippen molar-refractivity contribution >= 4 is 0 Å². The van der Waals surface area contributed by atoms with Crippen LogP contribution in [-0.4, -0.2) is 0 Å². The molecule has 0 aromatic carbocycles. The minimum Gasteiger partial charge on any atom is 0 e. The molecule has 18 valence electrons. The van der Waals surface area contributed by atoms with E-state index in [1.807, 2.05) is 0 Å².